The van der Waals surface area contributed by atoms with E-state index in [0.717, 1.165) is 12.1 Å². The molecule has 2 aromatic rings. The Kier molecular flexibility index (Phi) is 2.15. The Labute approximate surface area is 84.5 Å². The molecule has 0 saturated carbocycles. The summed E-state index contributed by atoms with van der Waals surface area (Å²) in [7, 11) is 0. The molecule has 0 bridgehead atoms. The number of hydrogen-bond acceptors (Lipinski definition) is 3. The number of anilines is 1. The highest BCUT2D eigenvalue weighted by atomic mass is 19.1. The van der Waals surface area contributed by atoms with Gasteiger partial charge in [0.05, 0.1) is 5.56 Å². The van der Waals surface area contributed by atoms with Crippen LogP contribution in [0.2, 0.25) is 0 Å². The lowest BCUT2D eigenvalue weighted by molar-refractivity contribution is 0.424. The van der Waals surface area contributed by atoms with Gasteiger partial charge in [-0.05, 0) is 19.1 Å². The van der Waals surface area contributed by atoms with Gasteiger partial charge in [-0.25, -0.2) is 8.78 Å². The van der Waals surface area contributed by atoms with E-state index in [1.165, 1.54) is 6.07 Å². The SMILES string of the molecule is Cc1noc(-c2ccc(F)cc2F)c1N. The van der Waals surface area contributed by atoms with Crippen LogP contribution < -0.4 is 5.73 Å². The molecule has 1 heterocycles. The summed E-state index contributed by atoms with van der Waals surface area (Å²) in [6, 6.07) is 3.17. The Hall–Kier alpha value is -1.91. The zero-order valence-corrected chi connectivity index (χ0v) is 7.92. The standard InChI is InChI=1S/C10H8F2N2O/c1-5-9(13)10(15-14-5)7-3-2-6(11)4-8(7)12/h2-4H,13H2,1H3. The van der Waals surface area contributed by atoms with Crippen molar-refractivity contribution >= 4 is 5.69 Å². The van der Waals surface area contributed by atoms with Crippen molar-refractivity contribution in [1.82, 2.24) is 5.16 Å². The highest BCUT2D eigenvalue weighted by Gasteiger charge is 2.15. The summed E-state index contributed by atoms with van der Waals surface area (Å²) in [5.41, 5.74) is 6.48. The first-order valence-electron chi connectivity index (χ1n) is 4.26. The second kappa shape index (κ2) is 3.34. The maximum Gasteiger partial charge on any atom is 0.192 e. The second-order valence-electron chi connectivity index (χ2n) is 3.13. The number of rotatable bonds is 1. The first-order chi connectivity index (χ1) is 7.09. The van der Waals surface area contributed by atoms with Crippen molar-refractivity contribution in [3.05, 3.63) is 35.5 Å². The fourth-order valence-corrected chi connectivity index (χ4v) is 1.24. The average Bonchev–Trinajstić information content (AvgIpc) is 2.49. The zero-order valence-electron chi connectivity index (χ0n) is 7.92. The Morgan fingerprint density at radius 3 is 2.60 bits per heavy atom. The summed E-state index contributed by atoms with van der Waals surface area (Å²) in [5, 5.41) is 3.60. The second-order valence-corrected chi connectivity index (χ2v) is 3.13. The Balaban J connectivity index is 2.59. The van der Waals surface area contributed by atoms with Crippen LogP contribution in [0.15, 0.2) is 22.7 Å². The maximum absolute atomic E-state index is 13.3. The topological polar surface area (TPSA) is 52.0 Å². The van der Waals surface area contributed by atoms with Crippen LogP contribution in [0.3, 0.4) is 0 Å². The summed E-state index contributed by atoms with van der Waals surface area (Å²) in [6.45, 7) is 1.64. The van der Waals surface area contributed by atoms with Gasteiger partial charge < -0.3 is 10.3 Å². The van der Waals surface area contributed by atoms with Gasteiger partial charge in [0.2, 0.25) is 0 Å². The fraction of sp³-hybridized carbons (Fsp3) is 0.100. The van der Waals surface area contributed by atoms with Crippen LogP contribution in [0.5, 0.6) is 0 Å². The van der Waals surface area contributed by atoms with Gasteiger partial charge in [0.15, 0.2) is 5.76 Å². The van der Waals surface area contributed by atoms with Crippen LogP contribution in [-0.4, -0.2) is 5.16 Å². The monoisotopic (exact) mass is 210 g/mol. The van der Waals surface area contributed by atoms with Crippen molar-refractivity contribution in [3.63, 3.8) is 0 Å². The molecule has 0 spiro atoms. The molecule has 2 rings (SSSR count). The normalized spacial score (nSPS) is 10.6. The van der Waals surface area contributed by atoms with Crippen molar-refractivity contribution < 1.29 is 13.3 Å². The van der Waals surface area contributed by atoms with E-state index in [1.54, 1.807) is 6.92 Å². The average molecular weight is 210 g/mol. The predicted molar refractivity (Wildman–Crippen MR) is 51.0 cm³/mol. The van der Waals surface area contributed by atoms with E-state index >= 15 is 0 Å². The molecule has 15 heavy (non-hydrogen) atoms. The van der Waals surface area contributed by atoms with Gasteiger partial charge in [-0.15, -0.1) is 0 Å². The molecule has 0 fully saturated rings. The van der Waals surface area contributed by atoms with E-state index in [1.807, 2.05) is 0 Å². The Bertz CT molecular complexity index is 508. The molecule has 1 aromatic heterocycles. The highest BCUT2D eigenvalue weighted by Crippen LogP contribution is 2.30. The van der Waals surface area contributed by atoms with E-state index in [9.17, 15) is 8.78 Å². The highest BCUT2D eigenvalue weighted by molar-refractivity contribution is 5.72. The van der Waals surface area contributed by atoms with Crippen LogP contribution in [0, 0.1) is 18.6 Å². The molecule has 0 unspecified atom stereocenters. The van der Waals surface area contributed by atoms with Crippen molar-refractivity contribution in [2.24, 2.45) is 0 Å². The van der Waals surface area contributed by atoms with Crippen LogP contribution in [0.25, 0.3) is 11.3 Å². The molecule has 1 aromatic carbocycles. The van der Waals surface area contributed by atoms with Gasteiger partial charge in [-0.2, -0.15) is 0 Å². The lowest BCUT2D eigenvalue weighted by Crippen LogP contribution is -1.91. The number of hydrogen-bond donors (Lipinski definition) is 1. The van der Waals surface area contributed by atoms with Crippen LogP contribution in [-0.2, 0) is 0 Å². The molecular weight excluding hydrogens is 202 g/mol. The summed E-state index contributed by atoms with van der Waals surface area (Å²) in [6.07, 6.45) is 0. The van der Waals surface area contributed by atoms with Crippen molar-refractivity contribution in [2.75, 3.05) is 5.73 Å². The van der Waals surface area contributed by atoms with Crippen LogP contribution in [0.1, 0.15) is 5.69 Å². The lowest BCUT2D eigenvalue weighted by atomic mass is 10.1. The zero-order chi connectivity index (χ0) is 11.0. The number of nitrogens with two attached hydrogens (primary N) is 1. The molecule has 0 aliphatic rings. The molecule has 0 aliphatic carbocycles. The van der Waals surface area contributed by atoms with E-state index < -0.39 is 11.6 Å². The van der Waals surface area contributed by atoms with Gasteiger partial charge in [0.1, 0.15) is 23.0 Å². The Morgan fingerprint density at radius 1 is 1.33 bits per heavy atom. The molecule has 78 valence electrons. The number of aromatic nitrogens is 1. The third kappa shape index (κ3) is 1.56. The predicted octanol–water partition coefficient (Wildman–Crippen LogP) is 2.51. The lowest BCUT2D eigenvalue weighted by Gasteiger charge is -1.99. The van der Waals surface area contributed by atoms with Gasteiger partial charge in [0, 0.05) is 6.07 Å². The number of nitrogens with zero attached hydrogens (tertiary/aromatic N) is 1. The van der Waals surface area contributed by atoms with E-state index in [-0.39, 0.29) is 17.0 Å². The van der Waals surface area contributed by atoms with Crippen molar-refractivity contribution in [2.45, 2.75) is 6.92 Å². The molecule has 3 nitrogen and oxygen atoms in total. The van der Waals surface area contributed by atoms with E-state index in [4.69, 9.17) is 10.3 Å². The molecule has 0 amide bonds. The van der Waals surface area contributed by atoms with Crippen LogP contribution in [0.4, 0.5) is 14.5 Å². The molecule has 0 aliphatic heterocycles. The maximum atomic E-state index is 13.3. The number of aryl methyl sites for hydroxylation is 1. The first kappa shape index (κ1) is 9.64. The van der Waals surface area contributed by atoms with E-state index in [0.29, 0.717) is 5.69 Å². The molecule has 0 radical (unpaired) electrons. The summed E-state index contributed by atoms with van der Waals surface area (Å²) >= 11 is 0. The minimum absolute atomic E-state index is 0.106. The number of halogens is 2. The quantitative estimate of drug-likeness (QED) is 0.786. The summed E-state index contributed by atoms with van der Waals surface area (Å²) < 4.78 is 30.9. The molecule has 5 heteroatoms. The molecular formula is C10H8F2N2O. The smallest absolute Gasteiger partial charge is 0.192 e. The van der Waals surface area contributed by atoms with Crippen molar-refractivity contribution in [1.29, 1.82) is 0 Å². The molecule has 2 N–H and O–H groups in total. The van der Waals surface area contributed by atoms with E-state index in [2.05, 4.69) is 5.16 Å². The van der Waals surface area contributed by atoms with Crippen LogP contribution >= 0.6 is 0 Å². The summed E-state index contributed by atoms with van der Waals surface area (Å²) in [5.74, 6) is -1.24. The number of benzene rings is 1. The minimum Gasteiger partial charge on any atom is -0.394 e. The molecule has 0 atom stereocenters. The van der Waals surface area contributed by atoms with Crippen molar-refractivity contribution in [3.8, 4) is 11.3 Å². The third-order valence-electron chi connectivity index (χ3n) is 2.08. The summed E-state index contributed by atoms with van der Waals surface area (Å²) in [4.78, 5) is 0. The third-order valence-corrected chi connectivity index (χ3v) is 2.08. The van der Waals surface area contributed by atoms with Gasteiger partial charge in [-0.3, -0.25) is 0 Å². The first-order valence-corrected chi connectivity index (χ1v) is 4.26. The molecule has 0 saturated heterocycles. The van der Waals surface area contributed by atoms with Gasteiger partial charge in [0.25, 0.3) is 0 Å². The Morgan fingerprint density at radius 2 is 2.07 bits per heavy atom. The van der Waals surface area contributed by atoms with Gasteiger partial charge in [-0.1, -0.05) is 5.16 Å². The fourth-order valence-electron chi connectivity index (χ4n) is 1.24. The largest absolute Gasteiger partial charge is 0.394 e. The van der Waals surface area contributed by atoms with Gasteiger partial charge >= 0.3 is 0 Å². The minimum atomic E-state index is -0.724. The number of nitrogen functional groups attached to an aromatic ring is 1.